The molecule has 2 aromatic carbocycles. The Morgan fingerprint density at radius 3 is 1.57 bits per heavy atom. The molecule has 0 bridgehead atoms. The van der Waals surface area contributed by atoms with Crippen molar-refractivity contribution in [3.8, 4) is 0 Å². The Balaban J connectivity index is 0.000000543. The van der Waals surface area contributed by atoms with Gasteiger partial charge in [-0.2, -0.15) is 0 Å². The minimum Gasteiger partial charge on any atom is -0.459 e. The van der Waals surface area contributed by atoms with Gasteiger partial charge in [-0.1, -0.05) is 72.1 Å². The van der Waals surface area contributed by atoms with E-state index in [1.165, 1.54) is 5.56 Å². The summed E-state index contributed by atoms with van der Waals surface area (Å²) < 4.78 is 12.1. The molecule has 0 saturated carbocycles. The summed E-state index contributed by atoms with van der Waals surface area (Å²) in [4.78, 5) is 21.8. The zero-order valence-electron chi connectivity index (χ0n) is 21.1. The second kappa shape index (κ2) is 17.1. The molecule has 1 amide bonds. The number of nitrogens with two attached hydrogens (primary N) is 1. The SMILES string of the molecule is BrCc1ccc(Br)cc1.CC(C)(C)OC(=O)CN.CC(C)(C)OC(=O)NNCc1ccc(Br)cc1. The van der Waals surface area contributed by atoms with Gasteiger partial charge in [0, 0.05) is 20.8 Å². The Kier molecular flexibility index (Phi) is 16.4. The summed E-state index contributed by atoms with van der Waals surface area (Å²) >= 11 is 10.1. The molecule has 35 heavy (non-hydrogen) atoms. The van der Waals surface area contributed by atoms with Gasteiger partial charge < -0.3 is 15.2 Å². The van der Waals surface area contributed by atoms with E-state index in [-0.39, 0.29) is 12.5 Å². The maximum atomic E-state index is 11.3. The molecule has 0 aliphatic rings. The zero-order chi connectivity index (χ0) is 27.1. The Morgan fingerprint density at radius 1 is 0.800 bits per heavy atom. The number of rotatable bonds is 5. The van der Waals surface area contributed by atoms with Crippen LogP contribution < -0.4 is 16.6 Å². The Morgan fingerprint density at radius 2 is 1.23 bits per heavy atom. The van der Waals surface area contributed by atoms with Crippen molar-refractivity contribution < 1.29 is 19.1 Å². The van der Waals surface area contributed by atoms with Crippen LogP contribution >= 0.6 is 47.8 Å². The van der Waals surface area contributed by atoms with Gasteiger partial charge in [-0.05, 0) is 76.9 Å². The molecule has 0 radical (unpaired) electrons. The molecule has 0 fully saturated rings. The fourth-order valence-corrected chi connectivity index (χ4v) is 2.98. The number of hydrazine groups is 1. The van der Waals surface area contributed by atoms with Crippen LogP contribution in [0.5, 0.6) is 0 Å². The average Bonchev–Trinajstić information content (AvgIpc) is 2.74. The number of hydrogen-bond donors (Lipinski definition) is 3. The van der Waals surface area contributed by atoms with Crippen LogP contribution in [0.15, 0.2) is 57.5 Å². The summed E-state index contributed by atoms with van der Waals surface area (Å²) in [6.07, 6.45) is -0.477. The molecule has 0 atom stereocenters. The van der Waals surface area contributed by atoms with Crippen molar-refractivity contribution in [1.29, 1.82) is 0 Å². The van der Waals surface area contributed by atoms with E-state index in [0.29, 0.717) is 6.54 Å². The van der Waals surface area contributed by atoms with Crippen LogP contribution in [0.25, 0.3) is 0 Å². The average molecular weight is 682 g/mol. The lowest BCUT2D eigenvalue weighted by Gasteiger charge is -2.19. The quantitative estimate of drug-likeness (QED) is 0.187. The molecule has 0 saturated heterocycles. The molecule has 2 aromatic rings. The third-order valence-corrected chi connectivity index (χ3v) is 5.15. The second-order valence-corrected chi connectivity index (χ2v) is 11.5. The minimum absolute atomic E-state index is 0.0444. The smallest absolute Gasteiger partial charge is 0.422 e. The summed E-state index contributed by atoms with van der Waals surface area (Å²) in [6.45, 7) is 11.4. The van der Waals surface area contributed by atoms with Gasteiger partial charge in [-0.3, -0.25) is 10.2 Å². The van der Waals surface area contributed by atoms with Gasteiger partial charge in [-0.15, -0.1) is 0 Å². The first-order chi connectivity index (χ1) is 16.1. The fourth-order valence-electron chi connectivity index (χ4n) is 2.08. The van der Waals surface area contributed by atoms with Crippen LogP contribution in [0.2, 0.25) is 0 Å². The van der Waals surface area contributed by atoms with E-state index in [0.717, 1.165) is 19.8 Å². The Bertz CT molecular complexity index is 879. The third-order valence-electron chi connectivity index (χ3n) is 3.45. The molecule has 0 spiro atoms. The van der Waals surface area contributed by atoms with Crippen LogP contribution in [0.3, 0.4) is 0 Å². The van der Waals surface area contributed by atoms with E-state index in [1.54, 1.807) is 20.8 Å². The first kappa shape index (κ1) is 33.5. The zero-order valence-corrected chi connectivity index (χ0v) is 25.8. The molecule has 0 heterocycles. The Labute approximate surface area is 234 Å². The van der Waals surface area contributed by atoms with Gasteiger partial charge in [0.15, 0.2) is 0 Å². The van der Waals surface area contributed by atoms with Crippen molar-refractivity contribution in [3.63, 3.8) is 0 Å². The summed E-state index contributed by atoms with van der Waals surface area (Å²) in [5, 5.41) is 0.931. The summed E-state index contributed by atoms with van der Waals surface area (Å²) in [5.41, 5.74) is 11.8. The van der Waals surface area contributed by atoms with Crippen molar-refractivity contribution in [2.75, 3.05) is 6.54 Å². The van der Waals surface area contributed by atoms with Gasteiger partial charge in [0.1, 0.15) is 11.2 Å². The van der Waals surface area contributed by atoms with Crippen molar-refractivity contribution in [2.45, 2.75) is 64.6 Å². The van der Waals surface area contributed by atoms with Crippen molar-refractivity contribution in [3.05, 3.63) is 68.6 Å². The highest BCUT2D eigenvalue weighted by Gasteiger charge is 2.15. The van der Waals surface area contributed by atoms with Crippen LogP contribution in [-0.2, 0) is 26.1 Å². The normalized spacial score (nSPS) is 10.7. The molecule has 196 valence electrons. The standard InChI is InChI=1S/C12H17BrN2O2.C7H6Br2.C6H13NO2/c1-12(2,3)17-11(16)15-14-8-9-4-6-10(13)7-5-9;8-5-6-1-3-7(9)4-2-6;1-6(2,3)9-5(8)4-7/h4-7,14H,8H2,1-3H3,(H,15,16);1-4H,5H2;4,7H2,1-3H3. The number of carbonyl (C=O) groups excluding carboxylic acids is 2. The number of hydrogen-bond acceptors (Lipinski definition) is 6. The van der Waals surface area contributed by atoms with E-state index in [4.69, 9.17) is 15.2 Å². The van der Waals surface area contributed by atoms with E-state index in [1.807, 2.05) is 57.2 Å². The highest BCUT2D eigenvalue weighted by molar-refractivity contribution is 9.10. The maximum absolute atomic E-state index is 11.3. The first-order valence-electron chi connectivity index (χ1n) is 10.8. The number of esters is 1. The van der Waals surface area contributed by atoms with Crippen molar-refractivity contribution in [2.24, 2.45) is 5.73 Å². The van der Waals surface area contributed by atoms with Gasteiger partial charge in [0.25, 0.3) is 0 Å². The molecule has 0 aliphatic carbocycles. The number of carbonyl (C=O) groups is 2. The number of amides is 1. The highest BCUT2D eigenvalue weighted by atomic mass is 79.9. The lowest BCUT2D eigenvalue weighted by atomic mass is 10.2. The van der Waals surface area contributed by atoms with Gasteiger partial charge in [0.2, 0.25) is 0 Å². The van der Waals surface area contributed by atoms with E-state index >= 15 is 0 Å². The topological polar surface area (TPSA) is 103 Å². The summed E-state index contributed by atoms with van der Waals surface area (Å²) in [7, 11) is 0. The van der Waals surface area contributed by atoms with Crippen molar-refractivity contribution >= 4 is 59.9 Å². The van der Waals surface area contributed by atoms with Crippen LogP contribution in [-0.4, -0.2) is 29.8 Å². The molecule has 10 heteroatoms. The van der Waals surface area contributed by atoms with Crippen LogP contribution in [0, 0.1) is 0 Å². The lowest BCUT2D eigenvalue weighted by Crippen LogP contribution is -2.40. The van der Waals surface area contributed by atoms with E-state index in [2.05, 4.69) is 70.8 Å². The van der Waals surface area contributed by atoms with Crippen LogP contribution in [0.4, 0.5) is 4.79 Å². The molecular weight excluding hydrogens is 646 g/mol. The third kappa shape index (κ3) is 20.4. The number of benzene rings is 2. The second-order valence-electron chi connectivity index (χ2n) is 9.16. The first-order valence-corrected chi connectivity index (χ1v) is 13.5. The number of ether oxygens (including phenoxy) is 2. The van der Waals surface area contributed by atoms with Crippen molar-refractivity contribution in [1.82, 2.24) is 10.9 Å². The molecule has 4 N–H and O–H groups in total. The number of alkyl halides is 1. The van der Waals surface area contributed by atoms with E-state index < -0.39 is 17.3 Å². The van der Waals surface area contributed by atoms with E-state index in [9.17, 15) is 9.59 Å². The number of nitrogens with one attached hydrogen (secondary N) is 2. The predicted molar refractivity (Wildman–Crippen MR) is 152 cm³/mol. The molecule has 7 nitrogen and oxygen atoms in total. The fraction of sp³-hybridized carbons (Fsp3) is 0.440. The molecule has 0 aliphatic heterocycles. The molecule has 0 unspecified atom stereocenters. The largest absolute Gasteiger partial charge is 0.459 e. The predicted octanol–water partition coefficient (Wildman–Crippen LogP) is 6.61. The van der Waals surface area contributed by atoms with Crippen LogP contribution in [0.1, 0.15) is 52.7 Å². The maximum Gasteiger partial charge on any atom is 0.422 e. The van der Waals surface area contributed by atoms with Gasteiger partial charge in [-0.25, -0.2) is 10.2 Å². The summed E-state index contributed by atoms with van der Waals surface area (Å²) in [5.74, 6) is -0.359. The lowest BCUT2D eigenvalue weighted by molar-refractivity contribution is -0.152. The number of halogens is 3. The van der Waals surface area contributed by atoms with Gasteiger partial charge >= 0.3 is 12.1 Å². The monoisotopic (exact) mass is 679 g/mol. The highest BCUT2D eigenvalue weighted by Crippen LogP contribution is 2.12. The van der Waals surface area contributed by atoms with Gasteiger partial charge in [0.05, 0.1) is 6.54 Å². The molecule has 0 aromatic heterocycles. The Hall–Kier alpha value is -1.46. The molecular formula is C25H36Br3N3O4. The minimum atomic E-state index is -0.483. The molecule has 2 rings (SSSR count). The summed E-state index contributed by atoms with van der Waals surface area (Å²) in [6, 6.07) is 16.1.